The molecule has 0 aliphatic heterocycles. The normalized spacial score (nSPS) is 11.4. The Morgan fingerprint density at radius 3 is 2.32 bits per heavy atom. The van der Waals surface area contributed by atoms with Crippen LogP contribution in [0.4, 0.5) is 0 Å². The summed E-state index contributed by atoms with van der Waals surface area (Å²) in [5, 5.41) is 2.85. The van der Waals surface area contributed by atoms with E-state index in [1.807, 2.05) is 24.3 Å². The van der Waals surface area contributed by atoms with Crippen molar-refractivity contribution in [2.24, 2.45) is 0 Å². The largest absolute Gasteiger partial charge is 0.348 e. The standard InChI is InChI=1S/C20H20N4O3S/c1-24(2)28(26,27)18-7-5-16(6-8-18)20(25)23-14-17-4-3-11-22-19(17)15-9-12-21-13-10-15/h3-13H,14H2,1-2H3,(H,23,25). The molecule has 0 spiro atoms. The van der Waals surface area contributed by atoms with E-state index in [0.717, 1.165) is 21.1 Å². The Kier molecular flexibility index (Phi) is 5.81. The van der Waals surface area contributed by atoms with Crippen LogP contribution >= 0.6 is 0 Å². The number of hydrogen-bond acceptors (Lipinski definition) is 5. The molecule has 0 radical (unpaired) electrons. The van der Waals surface area contributed by atoms with Crippen LogP contribution < -0.4 is 5.32 Å². The summed E-state index contributed by atoms with van der Waals surface area (Å²) in [4.78, 5) is 21.0. The highest BCUT2D eigenvalue weighted by Crippen LogP contribution is 2.20. The SMILES string of the molecule is CN(C)S(=O)(=O)c1ccc(C(=O)NCc2cccnc2-c2ccncc2)cc1. The molecule has 1 N–H and O–H groups in total. The van der Waals surface area contributed by atoms with E-state index >= 15 is 0 Å². The third kappa shape index (κ3) is 4.24. The predicted molar refractivity (Wildman–Crippen MR) is 106 cm³/mol. The summed E-state index contributed by atoms with van der Waals surface area (Å²) in [7, 11) is -0.598. The molecule has 0 unspecified atom stereocenters. The molecule has 0 bridgehead atoms. The molecule has 0 atom stereocenters. The number of hydrogen-bond donors (Lipinski definition) is 1. The lowest BCUT2D eigenvalue weighted by molar-refractivity contribution is 0.0951. The van der Waals surface area contributed by atoms with E-state index in [4.69, 9.17) is 0 Å². The quantitative estimate of drug-likeness (QED) is 0.690. The Labute approximate surface area is 164 Å². The molecule has 28 heavy (non-hydrogen) atoms. The highest BCUT2D eigenvalue weighted by atomic mass is 32.2. The van der Waals surface area contributed by atoms with Crippen LogP contribution in [0, 0.1) is 0 Å². The van der Waals surface area contributed by atoms with Gasteiger partial charge in [-0.2, -0.15) is 0 Å². The van der Waals surface area contributed by atoms with Gasteiger partial charge in [0.15, 0.2) is 0 Å². The molecule has 1 amide bonds. The number of amides is 1. The van der Waals surface area contributed by atoms with Crippen LogP contribution in [-0.4, -0.2) is 42.7 Å². The first-order valence-corrected chi connectivity index (χ1v) is 9.98. The van der Waals surface area contributed by atoms with E-state index in [1.54, 1.807) is 18.6 Å². The number of pyridine rings is 2. The summed E-state index contributed by atoms with van der Waals surface area (Å²) in [6, 6.07) is 13.3. The second kappa shape index (κ2) is 8.28. The summed E-state index contributed by atoms with van der Waals surface area (Å²) in [6.45, 7) is 0.294. The molecule has 3 aromatic rings. The molecule has 2 heterocycles. The Balaban J connectivity index is 1.74. The maximum atomic E-state index is 12.5. The number of rotatable bonds is 6. The zero-order chi connectivity index (χ0) is 20.1. The molecule has 0 saturated carbocycles. The Hall–Kier alpha value is -3.10. The van der Waals surface area contributed by atoms with Gasteiger partial charge in [-0.1, -0.05) is 6.07 Å². The fourth-order valence-electron chi connectivity index (χ4n) is 2.62. The van der Waals surface area contributed by atoms with Crippen molar-refractivity contribution in [2.75, 3.05) is 14.1 Å². The fraction of sp³-hybridized carbons (Fsp3) is 0.150. The molecular weight excluding hydrogens is 376 g/mol. The lowest BCUT2D eigenvalue weighted by atomic mass is 10.1. The van der Waals surface area contributed by atoms with Crippen LogP contribution in [0.1, 0.15) is 15.9 Å². The number of nitrogens with one attached hydrogen (secondary N) is 1. The summed E-state index contributed by atoms with van der Waals surface area (Å²) in [6.07, 6.45) is 5.08. The van der Waals surface area contributed by atoms with Gasteiger partial charge in [-0.15, -0.1) is 0 Å². The zero-order valence-corrected chi connectivity index (χ0v) is 16.3. The molecule has 2 aromatic heterocycles. The maximum Gasteiger partial charge on any atom is 0.251 e. The highest BCUT2D eigenvalue weighted by Gasteiger charge is 2.17. The first kappa shape index (κ1) is 19.7. The van der Waals surface area contributed by atoms with Crippen LogP contribution in [0.3, 0.4) is 0 Å². The van der Waals surface area contributed by atoms with Crippen LogP contribution in [0.5, 0.6) is 0 Å². The van der Waals surface area contributed by atoms with E-state index in [1.165, 1.54) is 38.4 Å². The van der Waals surface area contributed by atoms with Crippen LogP contribution in [0.25, 0.3) is 11.3 Å². The van der Waals surface area contributed by atoms with Gasteiger partial charge >= 0.3 is 0 Å². The lowest BCUT2D eigenvalue weighted by Gasteiger charge is -2.12. The maximum absolute atomic E-state index is 12.5. The predicted octanol–water partition coefficient (Wildman–Crippen LogP) is 2.32. The lowest BCUT2D eigenvalue weighted by Crippen LogP contribution is -2.24. The summed E-state index contributed by atoms with van der Waals surface area (Å²) in [5.41, 5.74) is 2.94. The number of benzene rings is 1. The third-order valence-electron chi connectivity index (χ3n) is 4.18. The van der Waals surface area contributed by atoms with Crippen LogP contribution in [-0.2, 0) is 16.6 Å². The summed E-state index contributed by atoms with van der Waals surface area (Å²) in [5.74, 6) is -0.293. The van der Waals surface area contributed by atoms with Crippen LogP contribution in [0.2, 0.25) is 0 Å². The van der Waals surface area contributed by atoms with E-state index in [9.17, 15) is 13.2 Å². The molecule has 0 aliphatic rings. The van der Waals surface area contributed by atoms with Gasteiger partial charge in [-0.05, 0) is 48.0 Å². The smallest absolute Gasteiger partial charge is 0.251 e. The minimum Gasteiger partial charge on any atom is -0.348 e. The zero-order valence-electron chi connectivity index (χ0n) is 15.5. The van der Waals surface area contributed by atoms with Gasteiger partial charge in [0.05, 0.1) is 10.6 Å². The highest BCUT2D eigenvalue weighted by molar-refractivity contribution is 7.89. The van der Waals surface area contributed by atoms with Crippen molar-refractivity contribution in [3.05, 3.63) is 78.2 Å². The molecule has 144 valence electrons. The average Bonchev–Trinajstić information content (AvgIpc) is 2.73. The van der Waals surface area contributed by atoms with Crippen LogP contribution in [0.15, 0.2) is 72.0 Å². The second-order valence-corrected chi connectivity index (χ2v) is 8.39. The minimum atomic E-state index is -3.52. The van der Waals surface area contributed by atoms with Crippen molar-refractivity contribution in [3.63, 3.8) is 0 Å². The number of aromatic nitrogens is 2. The van der Waals surface area contributed by atoms with Gasteiger partial charge in [-0.25, -0.2) is 12.7 Å². The summed E-state index contributed by atoms with van der Waals surface area (Å²) < 4.78 is 25.4. The number of nitrogens with zero attached hydrogens (tertiary/aromatic N) is 3. The van der Waals surface area contributed by atoms with Crippen molar-refractivity contribution in [1.29, 1.82) is 0 Å². The fourth-order valence-corrected chi connectivity index (χ4v) is 3.52. The van der Waals surface area contributed by atoms with Crippen molar-refractivity contribution < 1.29 is 13.2 Å². The van der Waals surface area contributed by atoms with Gasteiger partial charge in [0.1, 0.15) is 0 Å². The molecule has 7 nitrogen and oxygen atoms in total. The monoisotopic (exact) mass is 396 g/mol. The Morgan fingerprint density at radius 2 is 1.68 bits per heavy atom. The molecule has 0 saturated heterocycles. The number of carbonyl (C=O) groups is 1. The minimum absolute atomic E-state index is 0.140. The third-order valence-corrected chi connectivity index (χ3v) is 6.01. The van der Waals surface area contributed by atoms with Gasteiger partial charge in [0.25, 0.3) is 5.91 Å². The number of sulfonamides is 1. The molecule has 1 aromatic carbocycles. The van der Waals surface area contributed by atoms with Crippen molar-refractivity contribution in [1.82, 2.24) is 19.6 Å². The first-order valence-electron chi connectivity index (χ1n) is 8.54. The van der Waals surface area contributed by atoms with Gasteiger partial charge < -0.3 is 5.32 Å². The van der Waals surface area contributed by atoms with E-state index < -0.39 is 10.0 Å². The van der Waals surface area contributed by atoms with Gasteiger partial charge in [0, 0.05) is 50.4 Å². The van der Waals surface area contributed by atoms with E-state index in [0.29, 0.717) is 12.1 Å². The Bertz CT molecular complexity index is 1070. The Morgan fingerprint density at radius 1 is 1.00 bits per heavy atom. The van der Waals surface area contributed by atoms with E-state index in [2.05, 4.69) is 15.3 Å². The van der Waals surface area contributed by atoms with Crippen molar-refractivity contribution in [3.8, 4) is 11.3 Å². The van der Waals surface area contributed by atoms with Gasteiger partial charge in [-0.3, -0.25) is 14.8 Å². The second-order valence-electron chi connectivity index (χ2n) is 6.24. The average molecular weight is 396 g/mol. The van der Waals surface area contributed by atoms with Crippen molar-refractivity contribution >= 4 is 15.9 Å². The number of carbonyl (C=O) groups excluding carboxylic acids is 1. The van der Waals surface area contributed by atoms with Crippen molar-refractivity contribution in [2.45, 2.75) is 11.4 Å². The molecular formula is C20H20N4O3S. The molecule has 0 fully saturated rings. The van der Waals surface area contributed by atoms with E-state index in [-0.39, 0.29) is 10.8 Å². The first-order chi connectivity index (χ1) is 13.4. The molecule has 8 heteroatoms. The van der Waals surface area contributed by atoms with Gasteiger partial charge in [0.2, 0.25) is 10.0 Å². The summed E-state index contributed by atoms with van der Waals surface area (Å²) >= 11 is 0. The molecule has 0 aliphatic carbocycles. The topological polar surface area (TPSA) is 92.3 Å². The molecule has 3 rings (SSSR count).